The Labute approximate surface area is 117 Å². The fourth-order valence-electron chi connectivity index (χ4n) is 3.56. The van der Waals surface area contributed by atoms with Gasteiger partial charge in [-0.2, -0.15) is 0 Å². The number of hydrogen-bond donors (Lipinski definition) is 2. The van der Waals surface area contributed by atoms with Gasteiger partial charge in [-0.15, -0.1) is 0 Å². The van der Waals surface area contributed by atoms with Crippen LogP contribution in [0.1, 0.15) is 51.0 Å². The molecular formula is C16H27N3. The van der Waals surface area contributed by atoms with Crippen molar-refractivity contribution in [2.75, 3.05) is 0 Å². The third-order valence-corrected chi connectivity index (χ3v) is 4.69. The molecule has 0 aromatic carbocycles. The van der Waals surface area contributed by atoms with Gasteiger partial charge in [0.15, 0.2) is 0 Å². The lowest BCUT2D eigenvalue weighted by molar-refractivity contribution is 0.169. The number of hydrazine groups is 1. The average molecular weight is 261 g/mol. The molecule has 3 heteroatoms. The third kappa shape index (κ3) is 4.02. The second kappa shape index (κ2) is 7.61. The summed E-state index contributed by atoms with van der Waals surface area (Å²) in [5, 5.41) is 0. The summed E-state index contributed by atoms with van der Waals surface area (Å²) in [6.45, 7) is 2.32. The number of nitrogens with one attached hydrogen (secondary N) is 1. The number of rotatable bonds is 6. The molecule has 1 aliphatic rings. The largest absolute Gasteiger partial charge is 0.271 e. The van der Waals surface area contributed by atoms with Crippen molar-refractivity contribution in [2.24, 2.45) is 17.7 Å². The summed E-state index contributed by atoms with van der Waals surface area (Å²) in [6, 6.07) is 4.61. The van der Waals surface area contributed by atoms with E-state index < -0.39 is 0 Å². The summed E-state index contributed by atoms with van der Waals surface area (Å²) < 4.78 is 0. The molecule has 1 heterocycles. The molecule has 1 saturated carbocycles. The summed E-state index contributed by atoms with van der Waals surface area (Å²) in [5.74, 6) is 7.42. The standard InChI is InChI=1S/C16H27N3/c1-2-14-7-3-4-8-15(14)16(19-17)10-9-13-6-5-11-18-12-13/h5-6,11-12,14-16,19H,2-4,7-10,17H2,1H3. The van der Waals surface area contributed by atoms with Crippen LogP contribution < -0.4 is 11.3 Å². The van der Waals surface area contributed by atoms with Crippen molar-refractivity contribution < 1.29 is 0 Å². The van der Waals surface area contributed by atoms with Gasteiger partial charge in [0.05, 0.1) is 0 Å². The molecule has 3 nitrogen and oxygen atoms in total. The van der Waals surface area contributed by atoms with Crippen LogP contribution >= 0.6 is 0 Å². The van der Waals surface area contributed by atoms with Crippen LogP contribution in [0.4, 0.5) is 0 Å². The van der Waals surface area contributed by atoms with Gasteiger partial charge in [-0.25, -0.2) is 0 Å². The van der Waals surface area contributed by atoms with Crippen molar-refractivity contribution in [3.05, 3.63) is 30.1 Å². The number of pyridine rings is 1. The molecule has 1 fully saturated rings. The first-order chi connectivity index (χ1) is 9.35. The highest BCUT2D eigenvalue weighted by atomic mass is 15.2. The van der Waals surface area contributed by atoms with E-state index in [1.54, 1.807) is 0 Å². The van der Waals surface area contributed by atoms with E-state index in [2.05, 4.69) is 23.4 Å². The molecule has 3 atom stereocenters. The lowest BCUT2D eigenvalue weighted by atomic mass is 9.73. The van der Waals surface area contributed by atoms with Crippen LogP contribution in [0.15, 0.2) is 24.5 Å². The van der Waals surface area contributed by atoms with E-state index in [0.717, 1.165) is 24.7 Å². The Morgan fingerprint density at radius 1 is 1.42 bits per heavy atom. The first kappa shape index (κ1) is 14.5. The first-order valence-corrected chi connectivity index (χ1v) is 7.70. The minimum atomic E-state index is 0.449. The van der Waals surface area contributed by atoms with E-state index in [1.807, 2.05) is 18.5 Å². The molecule has 0 aliphatic heterocycles. The Balaban J connectivity index is 1.91. The third-order valence-electron chi connectivity index (χ3n) is 4.69. The van der Waals surface area contributed by atoms with Crippen molar-refractivity contribution in [3.8, 4) is 0 Å². The van der Waals surface area contributed by atoms with Crippen molar-refractivity contribution in [2.45, 2.75) is 57.9 Å². The highest BCUT2D eigenvalue weighted by molar-refractivity contribution is 5.08. The Morgan fingerprint density at radius 3 is 2.95 bits per heavy atom. The molecule has 0 spiro atoms. The van der Waals surface area contributed by atoms with Crippen molar-refractivity contribution in [1.82, 2.24) is 10.4 Å². The number of nitrogens with two attached hydrogens (primary N) is 1. The number of hydrogen-bond acceptors (Lipinski definition) is 3. The summed E-state index contributed by atoms with van der Waals surface area (Å²) in [7, 11) is 0. The first-order valence-electron chi connectivity index (χ1n) is 7.70. The fraction of sp³-hybridized carbons (Fsp3) is 0.688. The maximum atomic E-state index is 5.82. The quantitative estimate of drug-likeness (QED) is 0.611. The normalized spacial score (nSPS) is 25.2. The maximum absolute atomic E-state index is 5.82. The number of aromatic nitrogens is 1. The van der Waals surface area contributed by atoms with Gasteiger partial charge in [0, 0.05) is 18.4 Å². The summed E-state index contributed by atoms with van der Waals surface area (Å²) in [5.41, 5.74) is 4.40. The van der Waals surface area contributed by atoms with Crippen LogP contribution in [0.5, 0.6) is 0 Å². The molecule has 3 unspecified atom stereocenters. The topological polar surface area (TPSA) is 50.9 Å². The maximum Gasteiger partial charge on any atom is 0.0299 e. The second-order valence-electron chi connectivity index (χ2n) is 5.79. The van der Waals surface area contributed by atoms with Crippen LogP contribution in [0, 0.1) is 11.8 Å². The van der Waals surface area contributed by atoms with E-state index in [1.165, 1.54) is 37.7 Å². The second-order valence-corrected chi connectivity index (χ2v) is 5.79. The van der Waals surface area contributed by atoms with Crippen LogP contribution in [0.25, 0.3) is 0 Å². The van der Waals surface area contributed by atoms with Gasteiger partial charge in [0.25, 0.3) is 0 Å². The molecule has 0 saturated heterocycles. The Kier molecular flexibility index (Phi) is 5.80. The van der Waals surface area contributed by atoms with Gasteiger partial charge >= 0.3 is 0 Å². The fourth-order valence-corrected chi connectivity index (χ4v) is 3.56. The van der Waals surface area contributed by atoms with Crippen LogP contribution in [0.3, 0.4) is 0 Å². The molecule has 19 heavy (non-hydrogen) atoms. The molecule has 1 aromatic heterocycles. The summed E-state index contributed by atoms with van der Waals surface area (Å²) in [4.78, 5) is 4.18. The molecular weight excluding hydrogens is 234 g/mol. The molecule has 1 aliphatic carbocycles. The predicted octanol–water partition coefficient (Wildman–Crippen LogP) is 3.06. The van der Waals surface area contributed by atoms with Gasteiger partial charge < -0.3 is 0 Å². The zero-order chi connectivity index (χ0) is 13.5. The van der Waals surface area contributed by atoms with Gasteiger partial charge in [0.2, 0.25) is 0 Å². The zero-order valence-electron chi connectivity index (χ0n) is 12.0. The summed E-state index contributed by atoms with van der Waals surface area (Å²) in [6.07, 6.45) is 12.7. The number of aryl methyl sites for hydroxylation is 1. The molecule has 0 radical (unpaired) electrons. The monoisotopic (exact) mass is 261 g/mol. The smallest absolute Gasteiger partial charge is 0.0299 e. The van der Waals surface area contributed by atoms with E-state index in [-0.39, 0.29) is 0 Å². The molecule has 3 N–H and O–H groups in total. The minimum absolute atomic E-state index is 0.449. The lowest BCUT2D eigenvalue weighted by Crippen LogP contribution is -2.44. The van der Waals surface area contributed by atoms with E-state index in [4.69, 9.17) is 5.84 Å². The molecule has 106 valence electrons. The zero-order valence-corrected chi connectivity index (χ0v) is 12.0. The SMILES string of the molecule is CCC1CCCCC1C(CCc1cccnc1)NN. The molecule has 0 bridgehead atoms. The minimum Gasteiger partial charge on any atom is -0.271 e. The van der Waals surface area contributed by atoms with E-state index in [9.17, 15) is 0 Å². The van der Waals surface area contributed by atoms with Gasteiger partial charge in [-0.1, -0.05) is 38.7 Å². The lowest BCUT2D eigenvalue weighted by Gasteiger charge is -2.36. The van der Waals surface area contributed by atoms with Gasteiger partial charge in [0.1, 0.15) is 0 Å². The highest BCUT2D eigenvalue weighted by Crippen LogP contribution is 2.35. The van der Waals surface area contributed by atoms with Crippen molar-refractivity contribution in [3.63, 3.8) is 0 Å². The van der Waals surface area contributed by atoms with Crippen molar-refractivity contribution >= 4 is 0 Å². The molecule has 1 aromatic rings. The predicted molar refractivity (Wildman–Crippen MR) is 79.4 cm³/mol. The Bertz CT molecular complexity index is 352. The van der Waals surface area contributed by atoms with Crippen molar-refractivity contribution in [1.29, 1.82) is 0 Å². The Morgan fingerprint density at radius 2 is 2.26 bits per heavy atom. The molecule has 0 amide bonds. The van der Waals surface area contributed by atoms with E-state index >= 15 is 0 Å². The average Bonchev–Trinajstić information content (AvgIpc) is 2.49. The van der Waals surface area contributed by atoms with Crippen LogP contribution in [0.2, 0.25) is 0 Å². The highest BCUT2D eigenvalue weighted by Gasteiger charge is 2.29. The van der Waals surface area contributed by atoms with Gasteiger partial charge in [-0.05, 0) is 42.7 Å². The number of nitrogens with zero attached hydrogens (tertiary/aromatic N) is 1. The van der Waals surface area contributed by atoms with E-state index in [0.29, 0.717) is 6.04 Å². The Hall–Kier alpha value is -0.930. The van der Waals surface area contributed by atoms with Crippen LogP contribution in [-0.4, -0.2) is 11.0 Å². The van der Waals surface area contributed by atoms with Crippen LogP contribution in [-0.2, 0) is 6.42 Å². The molecule has 2 rings (SSSR count). The summed E-state index contributed by atoms with van der Waals surface area (Å²) >= 11 is 0. The van der Waals surface area contributed by atoms with Gasteiger partial charge in [-0.3, -0.25) is 16.3 Å².